The third-order valence-corrected chi connectivity index (χ3v) is 4.37. The van der Waals surface area contributed by atoms with E-state index >= 15 is 0 Å². The van der Waals surface area contributed by atoms with Gasteiger partial charge in [-0.05, 0) is 32.3 Å². The van der Waals surface area contributed by atoms with E-state index < -0.39 is 0 Å². The van der Waals surface area contributed by atoms with Gasteiger partial charge in [0, 0.05) is 17.6 Å². The fourth-order valence-electron chi connectivity index (χ4n) is 2.82. The molecule has 1 heterocycles. The van der Waals surface area contributed by atoms with Gasteiger partial charge in [-0.25, -0.2) is 14.2 Å². The molecule has 3 rings (SSSR count). The summed E-state index contributed by atoms with van der Waals surface area (Å²) in [6.07, 6.45) is 6.14. The van der Waals surface area contributed by atoms with Gasteiger partial charge in [0.25, 0.3) is 0 Å². The summed E-state index contributed by atoms with van der Waals surface area (Å²) in [6.45, 7) is 2.75. The number of carbonyl (C=O) groups excluding carboxylic acids is 1. The van der Waals surface area contributed by atoms with Crippen molar-refractivity contribution in [1.82, 2.24) is 25.0 Å². The molecule has 6 nitrogen and oxygen atoms in total. The van der Waals surface area contributed by atoms with Crippen LogP contribution in [0.3, 0.4) is 0 Å². The second-order valence-corrected chi connectivity index (χ2v) is 6.27. The number of amides is 2. The van der Waals surface area contributed by atoms with E-state index in [0.717, 1.165) is 19.3 Å². The molecule has 1 fully saturated rings. The summed E-state index contributed by atoms with van der Waals surface area (Å²) < 4.78 is 15.6. The lowest BCUT2D eigenvalue weighted by molar-refractivity contribution is 0.129. The van der Waals surface area contributed by atoms with Gasteiger partial charge in [0.1, 0.15) is 18.5 Å². The highest BCUT2D eigenvalue weighted by Crippen LogP contribution is 2.27. The molecule has 7 heteroatoms. The Labute approximate surface area is 140 Å². The smallest absolute Gasteiger partial charge is 0.318 e. The Kier molecular flexibility index (Phi) is 5.08. The van der Waals surface area contributed by atoms with Crippen LogP contribution in [0, 0.1) is 5.82 Å². The van der Waals surface area contributed by atoms with E-state index in [2.05, 4.69) is 15.4 Å². The van der Waals surface area contributed by atoms with Crippen molar-refractivity contribution in [2.24, 2.45) is 0 Å². The van der Waals surface area contributed by atoms with Crippen LogP contribution in [0.15, 0.2) is 36.9 Å². The van der Waals surface area contributed by atoms with E-state index in [1.54, 1.807) is 34.1 Å². The van der Waals surface area contributed by atoms with Gasteiger partial charge in [-0.2, -0.15) is 5.10 Å². The Morgan fingerprint density at radius 2 is 2.25 bits per heavy atom. The van der Waals surface area contributed by atoms with Crippen LogP contribution in [0.1, 0.15) is 31.7 Å². The first kappa shape index (κ1) is 16.4. The largest absolute Gasteiger partial charge is 0.334 e. The maximum atomic E-state index is 13.9. The maximum Gasteiger partial charge on any atom is 0.318 e. The van der Waals surface area contributed by atoms with E-state index in [-0.39, 0.29) is 23.9 Å². The lowest BCUT2D eigenvalue weighted by atomic mass is 9.91. The van der Waals surface area contributed by atoms with Gasteiger partial charge < -0.3 is 10.2 Å². The van der Waals surface area contributed by atoms with Crippen molar-refractivity contribution in [3.05, 3.63) is 48.3 Å². The van der Waals surface area contributed by atoms with Gasteiger partial charge in [0.15, 0.2) is 0 Å². The average Bonchev–Trinajstić information content (AvgIpc) is 2.99. The summed E-state index contributed by atoms with van der Waals surface area (Å²) in [5.74, 6) is -0.273. The number of benzene rings is 1. The molecule has 0 unspecified atom stereocenters. The monoisotopic (exact) mass is 331 g/mol. The molecule has 1 N–H and O–H groups in total. The zero-order chi connectivity index (χ0) is 16.9. The Hall–Kier alpha value is -2.44. The predicted octanol–water partition coefficient (Wildman–Crippen LogP) is 2.57. The molecule has 0 saturated heterocycles. The number of aromatic nitrogens is 3. The van der Waals surface area contributed by atoms with Crippen molar-refractivity contribution in [2.45, 2.75) is 51.4 Å². The molecule has 0 bridgehead atoms. The van der Waals surface area contributed by atoms with Gasteiger partial charge in [0.2, 0.25) is 0 Å². The summed E-state index contributed by atoms with van der Waals surface area (Å²) in [6, 6.07) is 6.54. The highest BCUT2D eigenvalue weighted by molar-refractivity contribution is 5.75. The standard InChI is InChI=1S/C17H22FN5O/c1-13(9-22-12-19-11-20-22)21-17(24)23(15-6-4-7-15)10-14-5-2-3-8-16(14)18/h2-3,5,8,11-13,15H,4,6-7,9-10H2,1H3,(H,21,24)/t13-/m1/s1. The molecule has 1 aliphatic carbocycles. The molecular weight excluding hydrogens is 309 g/mol. The van der Waals surface area contributed by atoms with Gasteiger partial charge in [-0.3, -0.25) is 4.68 Å². The maximum absolute atomic E-state index is 13.9. The zero-order valence-corrected chi connectivity index (χ0v) is 13.7. The third kappa shape index (κ3) is 3.90. The number of carbonyl (C=O) groups is 1. The Morgan fingerprint density at radius 1 is 1.46 bits per heavy atom. The quantitative estimate of drug-likeness (QED) is 0.885. The highest BCUT2D eigenvalue weighted by atomic mass is 19.1. The molecular formula is C17H22FN5O. The van der Waals surface area contributed by atoms with E-state index in [4.69, 9.17) is 0 Å². The first-order valence-corrected chi connectivity index (χ1v) is 8.26. The van der Waals surface area contributed by atoms with E-state index in [9.17, 15) is 9.18 Å². The lowest BCUT2D eigenvalue weighted by Crippen LogP contribution is -2.51. The lowest BCUT2D eigenvalue weighted by Gasteiger charge is -2.38. The van der Waals surface area contributed by atoms with Crippen molar-refractivity contribution in [1.29, 1.82) is 0 Å². The van der Waals surface area contributed by atoms with Gasteiger partial charge in [0.05, 0.1) is 13.1 Å². The molecule has 2 amide bonds. The van der Waals surface area contributed by atoms with Crippen molar-refractivity contribution in [3.8, 4) is 0 Å². The second-order valence-electron chi connectivity index (χ2n) is 6.27. The Bertz CT molecular complexity index is 671. The molecule has 1 aliphatic rings. The summed E-state index contributed by atoms with van der Waals surface area (Å²) >= 11 is 0. The number of hydrogen-bond acceptors (Lipinski definition) is 3. The van der Waals surface area contributed by atoms with Crippen LogP contribution < -0.4 is 5.32 Å². The minimum absolute atomic E-state index is 0.0950. The number of nitrogens with one attached hydrogen (secondary N) is 1. The number of hydrogen-bond donors (Lipinski definition) is 1. The number of urea groups is 1. The van der Waals surface area contributed by atoms with E-state index in [0.29, 0.717) is 18.7 Å². The molecule has 0 spiro atoms. The fraction of sp³-hybridized carbons (Fsp3) is 0.471. The minimum atomic E-state index is -0.273. The number of nitrogens with zero attached hydrogens (tertiary/aromatic N) is 4. The first-order chi connectivity index (χ1) is 11.6. The van der Waals surface area contributed by atoms with E-state index in [1.165, 1.54) is 12.4 Å². The topological polar surface area (TPSA) is 63.1 Å². The molecule has 24 heavy (non-hydrogen) atoms. The number of halogens is 1. The highest BCUT2D eigenvalue weighted by Gasteiger charge is 2.30. The van der Waals surface area contributed by atoms with E-state index in [1.807, 2.05) is 6.92 Å². The first-order valence-electron chi connectivity index (χ1n) is 8.26. The van der Waals surface area contributed by atoms with Crippen LogP contribution in [-0.2, 0) is 13.1 Å². The van der Waals surface area contributed by atoms with Crippen molar-refractivity contribution in [2.75, 3.05) is 0 Å². The zero-order valence-electron chi connectivity index (χ0n) is 13.7. The minimum Gasteiger partial charge on any atom is -0.334 e. The molecule has 1 aromatic carbocycles. The summed E-state index contributed by atoms with van der Waals surface area (Å²) in [4.78, 5) is 18.3. The van der Waals surface area contributed by atoms with Crippen LogP contribution >= 0.6 is 0 Å². The molecule has 0 aliphatic heterocycles. The number of rotatable bonds is 6. The molecule has 0 radical (unpaired) electrons. The van der Waals surface area contributed by atoms with Gasteiger partial charge in [-0.15, -0.1) is 0 Å². The third-order valence-electron chi connectivity index (χ3n) is 4.37. The van der Waals surface area contributed by atoms with Gasteiger partial charge in [-0.1, -0.05) is 18.2 Å². The summed E-state index contributed by atoms with van der Waals surface area (Å²) in [5, 5.41) is 7.02. The molecule has 2 aromatic rings. The van der Waals surface area contributed by atoms with Crippen molar-refractivity contribution >= 4 is 6.03 Å². The fourth-order valence-corrected chi connectivity index (χ4v) is 2.82. The molecule has 1 aromatic heterocycles. The van der Waals surface area contributed by atoms with Crippen LogP contribution in [-0.4, -0.2) is 37.8 Å². The normalized spacial score (nSPS) is 15.6. The SMILES string of the molecule is C[C@H](Cn1cncn1)NC(=O)N(Cc1ccccc1F)C1CCC1. The van der Waals surface area contributed by atoms with Crippen LogP contribution in [0.25, 0.3) is 0 Å². The van der Waals surface area contributed by atoms with Crippen LogP contribution in [0.4, 0.5) is 9.18 Å². The second kappa shape index (κ2) is 7.42. The summed E-state index contributed by atoms with van der Waals surface area (Å²) in [5.41, 5.74) is 0.545. The van der Waals surface area contributed by atoms with Gasteiger partial charge >= 0.3 is 6.03 Å². The average molecular weight is 331 g/mol. The molecule has 1 atom stereocenters. The summed E-state index contributed by atoms with van der Waals surface area (Å²) in [7, 11) is 0. The van der Waals surface area contributed by atoms with Crippen LogP contribution in [0.5, 0.6) is 0 Å². The molecule has 1 saturated carbocycles. The molecule has 128 valence electrons. The van der Waals surface area contributed by atoms with Crippen LogP contribution in [0.2, 0.25) is 0 Å². The Balaban J connectivity index is 1.64. The predicted molar refractivity (Wildman–Crippen MR) is 87.6 cm³/mol. The van der Waals surface area contributed by atoms with Crippen molar-refractivity contribution in [3.63, 3.8) is 0 Å². The Morgan fingerprint density at radius 3 is 2.88 bits per heavy atom. The van der Waals surface area contributed by atoms with Crippen molar-refractivity contribution < 1.29 is 9.18 Å².